The van der Waals surface area contributed by atoms with E-state index in [0.29, 0.717) is 18.2 Å². The van der Waals surface area contributed by atoms with E-state index in [9.17, 15) is 0 Å². The number of nitrogens with one attached hydrogen (secondary N) is 2. The van der Waals surface area contributed by atoms with Crippen LogP contribution in [-0.4, -0.2) is 50.8 Å². The number of morpholine rings is 1. The molecule has 148 valence electrons. The molecular formula is C21H27N5OS. The van der Waals surface area contributed by atoms with E-state index >= 15 is 0 Å². The monoisotopic (exact) mass is 397 g/mol. The standard InChI is InChI=1S/C21H27N5OS/c1-16-3-8-20(28-16)19(26-9-11-27-12-10-26)15-25-21(23-2)24-14-18-6-4-17(13-22)5-7-18/h3-8,19H,9-12,14-15H2,1-2H3,(H2,23,24,25). The molecule has 2 N–H and O–H groups in total. The summed E-state index contributed by atoms with van der Waals surface area (Å²) in [4.78, 5) is 9.54. The number of aliphatic imine (C=N–C) groups is 1. The number of nitriles is 1. The molecule has 2 heterocycles. The molecule has 0 saturated carbocycles. The minimum absolute atomic E-state index is 0.302. The Kier molecular flexibility index (Phi) is 7.43. The van der Waals surface area contributed by atoms with Crippen LogP contribution in [0.5, 0.6) is 0 Å². The van der Waals surface area contributed by atoms with Crippen LogP contribution in [0.4, 0.5) is 0 Å². The zero-order valence-corrected chi connectivity index (χ0v) is 17.3. The molecule has 0 spiro atoms. The lowest BCUT2D eigenvalue weighted by Crippen LogP contribution is -2.46. The van der Waals surface area contributed by atoms with Gasteiger partial charge >= 0.3 is 0 Å². The summed E-state index contributed by atoms with van der Waals surface area (Å²) >= 11 is 1.85. The highest BCUT2D eigenvalue weighted by Gasteiger charge is 2.24. The second-order valence-corrected chi connectivity index (χ2v) is 8.05. The fraction of sp³-hybridized carbons (Fsp3) is 0.429. The van der Waals surface area contributed by atoms with Crippen molar-refractivity contribution in [1.82, 2.24) is 15.5 Å². The van der Waals surface area contributed by atoms with Gasteiger partial charge in [-0.25, -0.2) is 0 Å². The Labute approximate surface area is 170 Å². The summed E-state index contributed by atoms with van der Waals surface area (Å²) in [6, 6.07) is 14.5. The first-order valence-corrected chi connectivity index (χ1v) is 10.3. The molecule has 6 nitrogen and oxygen atoms in total. The average molecular weight is 398 g/mol. The van der Waals surface area contributed by atoms with E-state index in [1.807, 2.05) is 35.6 Å². The Balaban J connectivity index is 1.59. The van der Waals surface area contributed by atoms with Crippen LogP contribution in [-0.2, 0) is 11.3 Å². The van der Waals surface area contributed by atoms with Crippen molar-refractivity contribution in [3.63, 3.8) is 0 Å². The Morgan fingerprint density at radius 2 is 1.96 bits per heavy atom. The molecule has 1 saturated heterocycles. The zero-order valence-electron chi connectivity index (χ0n) is 16.4. The third-order valence-electron chi connectivity index (χ3n) is 4.81. The van der Waals surface area contributed by atoms with Gasteiger partial charge in [-0.05, 0) is 36.8 Å². The summed E-state index contributed by atoms with van der Waals surface area (Å²) in [5.74, 6) is 0.774. The Bertz CT molecular complexity index is 818. The molecule has 0 aliphatic carbocycles. The van der Waals surface area contributed by atoms with E-state index in [4.69, 9.17) is 10.00 Å². The van der Waals surface area contributed by atoms with Crippen molar-refractivity contribution in [2.75, 3.05) is 39.9 Å². The third-order valence-corrected chi connectivity index (χ3v) is 5.91. The minimum Gasteiger partial charge on any atom is -0.379 e. The smallest absolute Gasteiger partial charge is 0.191 e. The van der Waals surface area contributed by atoms with Gasteiger partial charge in [0.25, 0.3) is 0 Å². The Morgan fingerprint density at radius 3 is 2.57 bits per heavy atom. The van der Waals surface area contributed by atoms with E-state index < -0.39 is 0 Å². The van der Waals surface area contributed by atoms with Gasteiger partial charge in [0, 0.05) is 43.0 Å². The van der Waals surface area contributed by atoms with Crippen LogP contribution < -0.4 is 10.6 Å². The molecule has 7 heteroatoms. The van der Waals surface area contributed by atoms with Crippen LogP contribution in [0.1, 0.15) is 26.9 Å². The normalized spacial score (nSPS) is 16.4. The number of ether oxygens (including phenoxy) is 1. The first kappa shape index (κ1) is 20.3. The maximum atomic E-state index is 8.90. The molecular weight excluding hydrogens is 370 g/mol. The average Bonchev–Trinajstić information content (AvgIpc) is 3.17. The molecule has 1 aliphatic heterocycles. The molecule has 0 radical (unpaired) electrons. The lowest BCUT2D eigenvalue weighted by Gasteiger charge is -2.34. The van der Waals surface area contributed by atoms with Gasteiger partial charge in [-0.3, -0.25) is 9.89 Å². The molecule has 1 aromatic carbocycles. The van der Waals surface area contributed by atoms with Crippen LogP contribution in [0.15, 0.2) is 41.4 Å². The van der Waals surface area contributed by atoms with Crippen LogP contribution in [0.2, 0.25) is 0 Å². The Morgan fingerprint density at radius 1 is 1.21 bits per heavy atom. The SMILES string of the molecule is CN=C(NCc1ccc(C#N)cc1)NCC(c1ccc(C)s1)N1CCOCC1. The number of hydrogen-bond acceptors (Lipinski definition) is 5. The molecule has 0 bridgehead atoms. The number of aryl methyl sites for hydroxylation is 1. The molecule has 1 atom stereocenters. The van der Waals surface area contributed by atoms with Crippen LogP contribution in [0.25, 0.3) is 0 Å². The third kappa shape index (κ3) is 5.55. The van der Waals surface area contributed by atoms with Gasteiger partial charge in [0.05, 0.1) is 30.9 Å². The minimum atomic E-state index is 0.302. The van der Waals surface area contributed by atoms with Crippen molar-refractivity contribution in [2.45, 2.75) is 19.5 Å². The van der Waals surface area contributed by atoms with Crippen molar-refractivity contribution in [3.8, 4) is 6.07 Å². The molecule has 28 heavy (non-hydrogen) atoms. The summed E-state index contributed by atoms with van der Waals surface area (Å²) in [6.45, 7) is 7.05. The van der Waals surface area contributed by atoms with Gasteiger partial charge in [-0.1, -0.05) is 12.1 Å². The summed E-state index contributed by atoms with van der Waals surface area (Å²) in [6.07, 6.45) is 0. The molecule has 1 unspecified atom stereocenters. The fourth-order valence-electron chi connectivity index (χ4n) is 3.23. The van der Waals surface area contributed by atoms with Gasteiger partial charge in [0.15, 0.2) is 5.96 Å². The first-order valence-electron chi connectivity index (χ1n) is 9.51. The summed E-state index contributed by atoms with van der Waals surface area (Å²) in [7, 11) is 1.78. The van der Waals surface area contributed by atoms with Crippen LogP contribution in [0.3, 0.4) is 0 Å². The van der Waals surface area contributed by atoms with Crippen molar-refractivity contribution in [1.29, 1.82) is 5.26 Å². The van der Waals surface area contributed by atoms with Gasteiger partial charge in [0.1, 0.15) is 0 Å². The molecule has 1 aromatic heterocycles. The number of thiophene rings is 1. The van der Waals surface area contributed by atoms with Crippen molar-refractivity contribution >= 4 is 17.3 Å². The quantitative estimate of drug-likeness (QED) is 0.579. The van der Waals surface area contributed by atoms with Crippen molar-refractivity contribution < 1.29 is 4.74 Å². The van der Waals surface area contributed by atoms with E-state index in [1.54, 1.807) is 7.05 Å². The summed E-state index contributed by atoms with van der Waals surface area (Å²) in [5, 5.41) is 15.7. The summed E-state index contributed by atoms with van der Waals surface area (Å²) < 4.78 is 5.53. The predicted molar refractivity (Wildman–Crippen MR) is 114 cm³/mol. The largest absolute Gasteiger partial charge is 0.379 e. The predicted octanol–water partition coefficient (Wildman–Crippen LogP) is 2.67. The van der Waals surface area contributed by atoms with E-state index in [1.165, 1.54) is 9.75 Å². The second kappa shape index (κ2) is 10.2. The van der Waals surface area contributed by atoms with E-state index in [0.717, 1.165) is 44.4 Å². The lowest BCUT2D eigenvalue weighted by atomic mass is 10.1. The highest BCUT2D eigenvalue weighted by molar-refractivity contribution is 7.12. The van der Waals surface area contributed by atoms with Crippen molar-refractivity contribution in [2.24, 2.45) is 4.99 Å². The van der Waals surface area contributed by atoms with Gasteiger partial charge in [-0.15, -0.1) is 11.3 Å². The number of rotatable bonds is 6. The highest BCUT2D eigenvalue weighted by atomic mass is 32.1. The second-order valence-electron chi connectivity index (χ2n) is 6.73. The molecule has 3 rings (SSSR count). The molecule has 1 fully saturated rings. The van der Waals surface area contributed by atoms with Gasteiger partial charge in [0.2, 0.25) is 0 Å². The zero-order chi connectivity index (χ0) is 19.8. The summed E-state index contributed by atoms with van der Waals surface area (Å²) in [5.41, 5.74) is 1.78. The fourth-order valence-corrected chi connectivity index (χ4v) is 4.24. The van der Waals surface area contributed by atoms with E-state index in [2.05, 4.69) is 45.7 Å². The molecule has 2 aromatic rings. The van der Waals surface area contributed by atoms with E-state index in [-0.39, 0.29) is 0 Å². The highest BCUT2D eigenvalue weighted by Crippen LogP contribution is 2.27. The van der Waals surface area contributed by atoms with Crippen LogP contribution >= 0.6 is 11.3 Å². The van der Waals surface area contributed by atoms with Gasteiger partial charge < -0.3 is 15.4 Å². The van der Waals surface area contributed by atoms with Gasteiger partial charge in [-0.2, -0.15) is 5.26 Å². The first-order chi connectivity index (χ1) is 13.7. The number of benzene rings is 1. The number of guanidine groups is 1. The molecule has 0 amide bonds. The Hall–Kier alpha value is -2.40. The van der Waals surface area contributed by atoms with Crippen molar-refractivity contribution in [3.05, 3.63) is 57.3 Å². The number of hydrogen-bond donors (Lipinski definition) is 2. The maximum Gasteiger partial charge on any atom is 0.191 e. The lowest BCUT2D eigenvalue weighted by molar-refractivity contribution is 0.0177. The topological polar surface area (TPSA) is 72.7 Å². The number of nitrogens with zero attached hydrogens (tertiary/aromatic N) is 3. The maximum absolute atomic E-state index is 8.90. The molecule has 1 aliphatic rings. The van der Waals surface area contributed by atoms with Crippen LogP contribution in [0, 0.1) is 18.3 Å².